The van der Waals surface area contributed by atoms with Gasteiger partial charge in [0.05, 0.1) is 11.5 Å². The normalized spacial score (nSPS) is 12.4. The van der Waals surface area contributed by atoms with Gasteiger partial charge in [0.15, 0.2) is 0 Å². The third-order valence-corrected chi connectivity index (χ3v) is 4.01. The van der Waals surface area contributed by atoms with Crippen molar-refractivity contribution in [1.29, 1.82) is 0 Å². The lowest BCUT2D eigenvalue weighted by Crippen LogP contribution is -2.35. The Hall–Kier alpha value is -0.870. The van der Waals surface area contributed by atoms with E-state index in [1.807, 2.05) is 13.0 Å². The molecule has 0 bridgehead atoms. The quantitative estimate of drug-likeness (QED) is 0.826. The molecule has 1 unspecified atom stereocenters. The van der Waals surface area contributed by atoms with Crippen LogP contribution in [0.1, 0.15) is 47.3 Å². The van der Waals surface area contributed by atoms with Crippen LogP contribution in [-0.2, 0) is 17.6 Å². The third kappa shape index (κ3) is 4.10. The Bertz CT molecular complexity index is 387. The second-order valence-corrected chi connectivity index (χ2v) is 5.63. The van der Waals surface area contributed by atoms with E-state index in [1.54, 1.807) is 18.4 Å². The van der Waals surface area contributed by atoms with Gasteiger partial charge in [0.2, 0.25) is 0 Å². The van der Waals surface area contributed by atoms with Gasteiger partial charge in [-0.3, -0.25) is 4.79 Å². The van der Waals surface area contributed by atoms with Crippen molar-refractivity contribution in [2.75, 3.05) is 13.7 Å². The summed E-state index contributed by atoms with van der Waals surface area (Å²) >= 11 is 1.62. The molecule has 1 atom stereocenters. The minimum absolute atomic E-state index is 0.0154. The largest absolute Gasteiger partial charge is 0.383 e. The first-order chi connectivity index (χ1) is 8.62. The van der Waals surface area contributed by atoms with Crippen LogP contribution in [0.5, 0.6) is 0 Å². The molecular weight excluding hydrogens is 246 g/mol. The first-order valence-corrected chi connectivity index (χ1v) is 7.35. The molecule has 0 saturated heterocycles. The number of amides is 1. The Kier molecular flexibility index (Phi) is 6.36. The van der Waals surface area contributed by atoms with E-state index in [0.29, 0.717) is 6.61 Å². The van der Waals surface area contributed by atoms with Crippen molar-refractivity contribution >= 4 is 17.2 Å². The summed E-state index contributed by atoms with van der Waals surface area (Å²) in [5, 5.41) is 2.95. The smallest absolute Gasteiger partial charge is 0.261 e. The van der Waals surface area contributed by atoms with Crippen molar-refractivity contribution in [3.05, 3.63) is 21.4 Å². The van der Waals surface area contributed by atoms with E-state index in [1.165, 1.54) is 10.4 Å². The molecule has 0 aliphatic heterocycles. The molecule has 0 saturated carbocycles. The van der Waals surface area contributed by atoms with Crippen molar-refractivity contribution in [3.8, 4) is 0 Å². The lowest BCUT2D eigenvalue weighted by molar-refractivity contribution is 0.0909. The summed E-state index contributed by atoms with van der Waals surface area (Å²) in [5.41, 5.74) is 1.31. The van der Waals surface area contributed by atoms with Gasteiger partial charge >= 0.3 is 0 Å². The molecular formula is C14H23NO2S. The molecule has 0 spiro atoms. The van der Waals surface area contributed by atoms with Crippen LogP contribution in [0.25, 0.3) is 0 Å². The minimum atomic E-state index is 0.0154. The molecule has 0 aliphatic rings. The highest BCUT2D eigenvalue weighted by Gasteiger charge is 2.15. The molecule has 3 nitrogen and oxygen atoms in total. The third-order valence-electron chi connectivity index (χ3n) is 2.77. The predicted molar refractivity (Wildman–Crippen MR) is 76.5 cm³/mol. The maximum Gasteiger partial charge on any atom is 0.261 e. The molecule has 1 aromatic rings. The summed E-state index contributed by atoms with van der Waals surface area (Å²) in [5.74, 6) is 0.0154. The van der Waals surface area contributed by atoms with E-state index in [-0.39, 0.29) is 11.9 Å². The van der Waals surface area contributed by atoms with Gasteiger partial charge in [-0.2, -0.15) is 0 Å². The molecule has 1 amide bonds. The van der Waals surface area contributed by atoms with E-state index >= 15 is 0 Å². The van der Waals surface area contributed by atoms with Crippen LogP contribution in [0, 0.1) is 0 Å². The van der Waals surface area contributed by atoms with Crippen LogP contribution < -0.4 is 5.32 Å². The summed E-state index contributed by atoms with van der Waals surface area (Å²) < 4.78 is 5.02. The monoisotopic (exact) mass is 269 g/mol. The standard InChI is InChI=1S/C14H23NO2S/c1-5-7-12-11(6-2)8-13(18-12)14(16)15-10(3)9-17-4/h8,10H,5-7,9H2,1-4H3,(H,15,16). The number of nitrogens with one attached hydrogen (secondary N) is 1. The zero-order valence-corrected chi connectivity index (χ0v) is 12.5. The molecule has 0 aliphatic carbocycles. The second kappa shape index (κ2) is 7.54. The van der Waals surface area contributed by atoms with E-state index < -0.39 is 0 Å². The molecule has 1 aromatic heterocycles. The number of aryl methyl sites for hydroxylation is 2. The van der Waals surface area contributed by atoms with Gasteiger partial charge in [0.1, 0.15) is 0 Å². The fraction of sp³-hybridized carbons (Fsp3) is 0.643. The second-order valence-electron chi connectivity index (χ2n) is 4.49. The number of ether oxygens (including phenoxy) is 1. The first kappa shape index (κ1) is 15.2. The van der Waals surface area contributed by atoms with Crippen molar-refractivity contribution in [1.82, 2.24) is 5.32 Å². The average molecular weight is 269 g/mol. The lowest BCUT2D eigenvalue weighted by Gasteiger charge is -2.11. The Morgan fingerprint density at radius 3 is 2.78 bits per heavy atom. The number of carbonyl (C=O) groups is 1. The van der Waals surface area contributed by atoms with E-state index in [0.717, 1.165) is 24.1 Å². The topological polar surface area (TPSA) is 38.3 Å². The minimum Gasteiger partial charge on any atom is -0.383 e. The lowest BCUT2D eigenvalue weighted by atomic mass is 10.1. The van der Waals surface area contributed by atoms with Crippen LogP contribution in [0.2, 0.25) is 0 Å². The van der Waals surface area contributed by atoms with Crippen molar-refractivity contribution < 1.29 is 9.53 Å². The van der Waals surface area contributed by atoms with Gasteiger partial charge in [-0.05, 0) is 31.4 Å². The summed E-state index contributed by atoms with van der Waals surface area (Å²) in [6.45, 7) is 6.79. The molecule has 0 radical (unpaired) electrons. The number of thiophene rings is 1. The van der Waals surface area contributed by atoms with E-state index in [4.69, 9.17) is 4.74 Å². The van der Waals surface area contributed by atoms with E-state index in [2.05, 4.69) is 19.2 Å². The molecule has 102 valence electrons. The highest BCUT2D eigenvalue weighted by Crippen LogP contribution is 2.24. The molecule has 18 heavy (non-hydrogen) atoms. The Morgan fingerprint density at radius 2 is 2.22 bits per heavy atom. The summed E-state index contributed by atoms with van der Waals surface area (Å²) in [7, 11) is 1.64. The zero-order valence-electron chi connectivity index (χ0n) is 11.7. The molecule has 1 rings (SSSR count). The Labute approximate surface area is 114 Å². The van der Waals surface area contributed by atoms with Gasteiger partial charge in [0, 0.05) is 18.0 Å². The highest BCUT2D eigenvalue weighted by molar-refractivity contribution is 7.14. The van der Waals surface area contributed by atoms with Crippen LogP contribution in [-0.4, -0.2) is 25.7 Å². The molecule has 0 aromatic carbocycles. The molecule has 0 fully saturated rings. The van der Waals surface area contributed by atoms with Gasteiger partial charge in [-0.25, -0.2) is 0 Å². The number of carbonyl (C=O) groups excluding carboxylic acids is 1. The predicted octanol–water partition coefficient (Wildman–Crippen LogP) is 3.03. The van der Waals surface area contributed by atoms with Crippen LogP contribution in [0.3, 0.4) is 0 Å². The van der Waals surface area contributed by atoms with Gasteiger partial charge < -0.3 is 10.1 Å². The van der Waals surface area contributed by atoms with Crippen molar-refractivity contribution in [2.24, 2.45) is 0 Å². The Balaban J connectivity index is 2.73. The van der Waals surface area contributed by atoms with Crippen LogP contribution in [0.4, 0.5) is 0 Å². The molecule has 1 heterocycles. The zero-order chi connectivity index (χ0) is 13.5. The van der Waals surface area contributed by atoms with Crippen LogP contribution >= 0.6 is 11.3 Å². The van der Waals surface area contributed by atoms with Crippen molar-refractivity contribution in [2.45, 2.75) is 46.1 Å². The van der Waals surface area contributed by atoms with Gasteiger partial charge in [-0.1, -0.05) is 20.3 Å². The van der Waals surface area contributed by atoms with E-state index in [9.17, 15) is 4.79 Å². The van der Waals surface area contributed by atoms with Gasteiger partial charge in [0.25, 0.3) is 5.91 Å². The molecule has 4 heteroatoms. The maximum atomic E-state index is 12.1. The summed E-state index contributed by atoms with van der Waals surface area (Å²) in [6, 6.07) is 2.08. The maximum absolute atomic E-state index is 12.1. The molecule has 1 N–H and O–H groups in total. The fourth-order valence-electron chi connectivity index (χ4n) is 1.90. The van der Waals surface area contributed by atoms with Crippen LogP contribution in [0.15, 0.2) is 6.07 Å². The number of rotatable bonds is 7. The highest BCUT2D eigenvalue weighted by atomic mass is 32.1. The number of hydrogen-bond acceptors (Lipinski definition) is 3. The number of methoxy groups -OCH3 is 1. The number of hydrogen-bond donors (Lipinski definition) is 1. The Morgan fingerprint density at radius 1 is 1.50 bits per heavy atom. The first-order valence-electron chi connectivity index (χ1n) is 6.53. The van der Waals surface area contributed by atoms with Gasteiger partial charge in [-0.15, -0.1) is 11.3 Å². The average Bonchev–Trinajstić information content (AvgIpc) is 2.73. The fourth-order valence-corrected chi connectivity index (χ4v) is 3.16. The SMILES string of the molecule is CCCc1sc(C(=O)NC(C)COC)cc1CC. The summed E-state index contributed by atoms with van der Waals surface area (Å²) in [4.78, 5) is 14.2. The van der Waals surface area contributed by atoms with Crippen molar-refractivity contribution in [3.63, 3.8) is 0 Å². The summed E-state index contributed by atoms with van der Waals surface area (Å²) in [6.07, 6.45) is 3.18.